The maximum absolute atomic E-state index is 5.43. The van der Waals surface area contributed by atoms with Crippen LogP contribution in [0.2, 0.25) is 0 Å². The zero-order chi connectivity index (χ0) is 20.2. The van der Waals surface area contributed by atoms with Crippen molar-refractivity contribution in [1.29, 1.82) is 0 Å². The molecule has 0 atom stereocenters. The van der Waals surface area contributed by atoms with Crippen LogP contribution in [0.1, 0.15) is 16.7 Å². The van der Waals surface area contributed by atoms with E-state index in [4.69, 9.17) is 4.74 Å². The largest absolute Gasteiger partial charge is 0.379 e. The van der Waals surface area contributed by atoms with Crippen molar-refractivity contribution in [1.82, 2.24) is 9.21 Å². The molecule has 2 aliphatic heterocycles. The van der Waals surface area contributed by atoms with E-state index in [2.05, 4.69) is 82.0 Å². The molecule has 0 saturated carbocycles. The molecule has 154 valence electrons. The summed E-state index contributed by atoms with van der Waals surface area (Å²) in [5.74, 6) is 0. The van der Waals surface area contributed by atoms with Gasteiger partial charge in [0.2, 0.25) is 0 Å². The van der Waals surface area contributed by atoms with Gasteiger partial charge < -0.3 is 4.74 Å². The first kappa shape index (κ1) is 19.8. The van der Waals surface area contributed by atoms with Crippen LogP contribution in [0.4, 0.5) is 0 Å². The molecule has 0 aliphatic carbocycles. The van der Waals surface area contributed by atoms with Gasteiger partial charge in [-0.15, -0.1) is 0 Å². The summed E-state index contributed by atoms with van der Waals surface area (Å²) in [5, 5.41) is 0. The maximum Gasteiger partial charge on any atom is 0.0603 e. The molecule has 3 nitrogen and oxygen atoms in total. The summed E-state index contributed by atoms with van der Waals surface area (Å²) in [4.78, 5) is 3.84. The van der Waals surface area contributed by atoms with Crippen molar-refractivity contribution in [3.8, 4) is 11.1 Å². The van der Waals surface area contributed by atoms with Gasteiger partial charge in [0.25, 0.3) is 0 Å². The Morgan fingerprint density at radius 3 is 2.13 bits per heavy atom. The third kappa shape index (κ3) is 4.79. The minimum Gasteiger partial charge on any atom is -0.379 e. The highest BCUT2D eigenvalue weighted by atomic mass is 32.2. The van der Waals surface area contributed by atoms with Gasteiger partial charge in [-0.2, -0.15) is 0 Å². The van der Waals surface area contributed by atoms with Crippen molar-refractivity contribution in [2.75, 3.05) is 32.8 Å². The topological polar surface area (TPSA) is 15.7 Å². The summed E-state index contributed by atoms with van der Waals surface area (Å²) in [7, 11) is 0. The zero-order valence-electron chi connectivity index (χ0n) is 17.3. The monoisotopic (exact) mass is 416 g/mol. The maximum atomic E-state index is 5.43. The van der Waals surface area contributed by atoms with Crippen LogP contribution < -0.4 is 0 Å². The highest BCUT2D eigenvalue weighted by Gasteiger charge is 2.16. The predicted octanol–water partition coefficient (Wildman–Crippen LogP) is 5.25. The number of hydrogen-bond donors (Lipinski definition) is 0. The first-order valence-electron chi connectivity index (χ1n) is 10.8. The third-order valence-electron chi connectivity index (χ3n) is 5.96. The molecule has 2 aliphatic rings. The second kappa shape index (κ2) is 9.36. The molecule has 30 heavy (non-hydrogen) atoms. The molecular formula is C26H28N2OS. The van der Waals surface area contributed by atoms with E-state index in [1.807, 2.05) is 11.9 Å². The van der Waals surface area contributed by atoms with E-state index in [1.54, 1.807) is 0 Å². The molecule has 4 heteroatoms. The molecule has 5 rings (SSSR count). The summed E-state index contributed by atoms with van der Waals surface area (Å²) < 4.78 is 7.81. The van der Waals surface area contributed by atoms with E-state index in [0.717, 1.165) is 52.4 Å². The summed E-state index contributed by atoms with van der Waals surface area (Å²) in [5.41, 5.74) is 6.94. The summed E-state index contributed by atoms with van der Waals surface area (Å²) in [6.07, 6.45) is 1.16. The molecule has 3 aromatic rings. The van der Waals surface area contributed by atoms with Gasteiger partial charge >= 0.3 is 0 Å². The van der Waals surface area contributed by atoms with Crippen molar-refractivity contribution in [2.45, 2.75) is 24.4 Å². The quantitative estimate of drug-likeness (QED) is 0.528. The minimum atomic E-state index is 0.835. The number of rotatable bonds is 5. The summed E-state index contributed by atoms with van der Waals surface area (Å²) in [6, 6.07) is 26.9. The molecule has 0 N–H and O–H groups in total. The van der Waals surface area contributed by atoms with Gasteiger partial charge in [-0.1, -0.05) is 60.7 Å². The Morgan fingerprint density at radius 1 is 0.733 bits per heavy atom. The van der Waals surface area contributed by atoms with Crippen molar-refractivity contribution in [3.63, 3.8) is 0 Å². The standard InChI is InChI=1S/C26H28N2OS/c1-2-4-25-20-27(14-13-22(25)3-1)19-21-5-7-23(8-6-21)24-9-11-26(12-10-24)30-28-15-17-29-18-16-28/h1-12H,13-20H2. The fraction of sp³-hybridized carbons (Fsp3) is 0.308. The number of ether oxygens (including phenoxy) is 1. The van der Waals surface area contributed by atoms with E-state index in [0.29, 0.717) is 0 Å². The fourth-order valence-corrected chi connectivity index (χ4v) is 5.13. The highest BCUT2D eigenvalue weighted by molar-refractivity contribution is 7.97. The lowest BCUT2D eigenvalue weighted by Gasteiger charge is -2.28. The molecule has 0 unspecified atom stereocenters. The second-order valence-electron chi connectivity index (χ2n) is 8.08. The van der Waals surface area contributed by atoms with Crippen LogP contribution in [0.5, 0.6) is 0 Å². The molecule has 0 aromatic heterocycles. The number of morpholine rings is 1. The molecule has 0 radical (unpaired) electrons. The van der Waals surface area contributed by atoms with E-state index in [9.17, 15) is 0 Å². The highest BCUT2D eigenvalue weighted by Crippen LogP contribution is 2.28. The average Bonchev–Trinajstić information content (AvgIpc) is 2.81. The SMILES string of the molecule is c1ccc2c(c1)CCN(Cc1ccc(-c3ccc(SN4CCOCC4)cc3)cc1)C2. The lowest BCUT2D eigenvalue weighted by atomic mass is 9.99. The van der Waals surface area contributed by atoms with Gasteiger partial charge in [-0.25, -0.2) is 4.31 Å². The molecule has 0 spiro atoms. The van der Waals surface area contributed by atoms with E-state index >= 15 is 0 Å². The Bertz CT molecular complexity index is 965. The van der Waals surface area contributed by atoms with E-state index in [1.165, 1.54) is 32.7 Å². The van der Waals surface area contributed by atoms with Crippen LogP contribution in [0.25, 0.3) is 11.1 Å². The Hall–Kier alpha value is -2.11. The number of fused-ring (bicyclic) bond motifs is 1. The van der Waals surface area contributed by atoms with Crippen LogP contribution >= 0.6 is 11.9 Å². The number of benzene rings is 3. The fourth-order valence-electron chi connectivity index (χ4n) is 4.25. The van der Waals surface area contributed by atoms with Gasteiger partial charge in [0, 0.05) is 37.6 Å². The Labute approximate surface area is 183 Å². The zero-order valence-corrected chi connectivity index (χ0v) is 18.1. The van der Waals surface area contributed by atoms with Crippen LogP contribution in [0.15, 0.2) is 77.7 Å². The molecule has 0 bridgehead atoms. The average molecular weight is 417 g/mol. The van der Waals surface area contributed by atoms with Crippen LogP contribution in [-0.2, 0) is 24.2 Å². The lowest BCUT2D eigenvalue weighted by Crippen LogP contribution is -2.30. The first-order valence-corrected chi connectivity index (χ1v) is 11.6. The van der Waals surface area contributed by atoms with Crippen LogP contribution in [-0.4, -0.2) is 42.1 Å². The van der Waals surface area contributed by atoms with Gasteiger partial charge in [0.1, 0.15) is 0 Å². The Kier molecular flexibility index (Phi) is 6.18. The third-order valence-corrected chi connectivity index (χ3v) is 7.07. The van der Waals surface area contributed by atoms with Crippen LogP contribution in [0, 0.1) is 0 Å². The normalized spacial score (nSPS) is 17.6. The van der Waals surface area contributed by atoms with Gasteiger partial charge in [-0.3, -0.25) is 4.90 Å². The molecular weight excluding hydrogens is 388 g/mol. The molecule has 1 saturated heterocycles. The van der Waals surface area contributed by atoms with Crippen LogP contribution in [0.3, 0.4) is 0 Å². The van der Waals surface area contributed by atoms with Crippen molar-refractivity contribution < 1.29 is 4.74 Å². The molecule has 1 fully saturated rings. The lowest BCUT2D eigenvalue weighted by molar-refractivity contribution is 0.0773. The Balaban J connectivity index is 1.20. The van der Waals surface area contributed by atoms with Gasteiger partial charge in [0.05, 0.1) is 13.2 Å². The number of nitrogens with zero attached hydrogens (tertiary/aromatic N) is 2. The summed E-state index contributed by atoms with van der Waals surface area (Å²) >= 11 is 1.83. The first-order chi connectivity index (χ1) is 14.8. The smallest absolute Gasteiger partial charge is 0.0603 e. The van der Waals surface area contributed by atoms with Crippen molar-refractivity contribution in [3.05, 3.63) is 89.5 Å². The van der Waals surface area contributed by atoms with Gasteiger partial charge in [-0.05, 0) is 58.3 Å². The van der Waals surface area contributed by atoms with Crippen molar-refractivity contribution in [2.24, 2.45) is 0 Å². The van der Waals surface area contributed by atoms with Gasteiger partial charge in [0.15, 0.2) is 0 Å². The summed E-state index contributed by atoms with van der Waals surface area (Å²) in [6.45, 7) is 6.88. The van der Waals surface area contributed by atoms with E-state index in [-0.39, 0.29) is 0 Å². The molecule has 3 aromatic carbocycles. The number of hydrogen-bond acceptors (Lipinski definition) is 4. The Morgan fingerprint density at radius 2 is 1.40 bits per heavy atom. The molecule has 2 heterocycles. The second-order valence-corrected chi connectivity index (χ2v) is 9.25. The van der Waals surface area contributed by atoms with E-state index < -0.39 is 0 Å². The van der Waals surface area contributed by atoms with Crippen molar-refractivity contribution >= 4 is 11.9 Å². The predicted molar refractivity (Wildman–Crippen MR) is 124 cm³/mol. The molecule has 0 amide bonds. The minimum absolute atomic E-state index is 0.835.